The van der Waals surface area contributed by atoms with Crippen LogP contribution in [0.3, 0.4) is 0 Å². The zero-order valence-corrected chi connectivity index (χ0v) is 13.0. The summed E-state index contributed by atoms with van der Waals surface area (Å²) >= 11 is 5.47. The molecule has 1 nitrogen and oxygen atoms in total. The van der Waals surface area contributed by atoms with Crippen LogP contribution in [-0.2, 0) is 0 Å². The number of hydrogen-bond acceptors (Lipinski definition) is 2. The summed E-state index contributed by atoms with van der Waals surface area (Å²) in [5.74, 6) is 3.19. The van der Waals surface area contributed by atoms with Crippen LogP contribution in [0.15, 0.2) is 33.6 Å². The van der Waals surface area contributed by atoms with Crippen molar-refractivity contribution in [3.63, 3.8) is 0 Å². The molecular weight excluding hydrogens is 306 g/mol. The minimum atomic E-state index is 0.841. The first-order chi connectivity index (χ1) is 8.83. The molecule has 0 radical (unpaired) electrons. The Balaban J connectivity index is 1.39. The number of nitrogens with one attached hydrogen (secondary N) is 1. The molecule has 0 unspecified atom stereocenters. The highest BCUT2D eigenvalue weighted by Crippen LogP contribution is 2.44. The first-order valence-electron chi connectivity index (χ1n) is 6.95. The van der Waals surface area contributed by atoms with Gasteiger partial charge < -0.3 is 5.32 Å². The molecule has 0 bridgehead atoms. The van der Waals surface area contributed by atoms with Crippen molar-refractivity contribution in [3.8, 4) is 0 Å². The Morgan fingerprint density at radius 2 is 1.94 bits per heavy atom. The van der Waals surface area contributed by atoms with Gasteiger partial charge in [0.1, 0.15) is 0 Å². The number of halogens is 1. The summed E-state index contributed by atoms with van der Waals surface area (Å²) in [6.45, 7) is 1.15. The summed E-state index contributed by atoms with van der Waals surface area (Å²) < 4.78 is 1.18. The van der Waals surface area contributed by atoms with Gasteiger partial charge >= 0.3 is 0 Å². The van der Waals surface area contributed by atoms with Crippen LogP contribution in [0.4, 0.5) is 0 Å². The van der Waals surface area contributed by atoms with E-state index in [2.05, 4.69) is 45.5 Å². The fraction of sp³-hybridized carbons (Fsp3) is 0.600. The van der Waals surface area contributed by atoms with Crippen LogP contribution in [0.25, 0.3) is 0 Å². The van der Waals surface area contributed by atoms with Crippen molar-refractivity contribution >= 4 is 27.7 Å². The molecule has 3 heteroatoms. The van der Waals surface area contributed by atoms with Crippen molar-refractivity contribution in [1.82, 2.24) is 5.32 Å². The van der Waals surface area contributed by atoms with Gasteiger partial charge in [-0.25, -0.2) is 0 Å². The Bertz CT molecular complexity index is 389. The average molecular weight is 326 g/mol. The summed E-state index contributed by atoms with van der Waals surface area (Å²) in [6.07, 6.45) is 5.86. The van der Waals surface area contributed by atoms with Crippen molar-refractivity contribution in [2.45, 2.75) is 36.6 Å². The first-order valence-corrected chi connectivity index (χ1v) is 8.72. The molecule has 0 aliphatic heterocycles. The van der Waals surface area contributed by atoms with Gasteiger partial charge in [0.05, 0.1) is 0 Å². The Kier molecular flexibility index (Phi) is 4.32. The molecule has 2 saturated carbocycles. The van der Waals surface area contributed by atoms with Crippen LogP contribution >= 0.6 is 27.7 Å². The van der Waals surface area contributed by atoms with Gasteiger partial charge in [0, 0.05) is 27.7 Å². The average Bonchev–Trinajstić information content (AvgIpc) is 3.23. The second kappa shape index (κ2) is 5.98. The Morgan fingerprint density at radius 1 is 1.22 bits per heavy atom. The van der Waals surface area contributed by atoms with Crippen LogP contribution < -0.4 is 5.32 Å². The van der Waals surface area contributed by atoms with Gasteiger partial charge in [0.2, 0.25) is 0 Å². The van der Waals surface area contributed by atoms with Gasteiger partial charge in [-0.2, -0.15) is 0 Å². The molecule has 1 aromatic carbocycles. The largest absolute Gasteiger partial charge is 0.313 e. The van der Waals surface area contributed by atoms with Crippen molar-refractivity contribution in [1.29, 1.82) is 0 Å². The summed E-state index contributed by atoms with van der Waals surface area (Å²) in [5.41, 5.74) is 0. The SMILES string of the molecule is Brc1cccc(SCCNC(C2CC2)C2CC2)c1. The predicted octanol–water partition coefficient (Wildman–Crippen LogP) is 4.32. The number of rotatable bonds is 7. The van der Waals surface area contributed by atoms with E-state index in [0.717, 1.165) is 24.4 Å². The normalized spacial score (nSPS) is 19.4. The molecule has 18 heavy (non-hydrogen) atoms. The van der Waals surface area contributed by atoms with E-state index in [1.807, 2.05) is 11.8 Å². The molecule has 3 rings (SSSR count). The number of hydrogen-bond donors (Lipinski definition) is 1. The molecule has 2 aliphatic rings. The molecule has 0 heterocycles. The van der Waals surface area contributed by atoms with Gasteiger partial charge in [0.15, 0.2) is 0 Å². The summed E-state index contributed by atoms with van der Waals surface area (Å²) in [6, 6.07) is 9.42. The molecule has 1 N–H and O–H groups in total. The Labute approximate surface area is 122 Å². The molecule has 0 saturated heterocycles. The monoisotopic (exact) mass is 325 g/mol. The second-order valence-corrected chi connectivity index (χ2v) is 7.54. The van der Waals surface area contributed by atoms with Gasteiger partial charge in [-0.3, -0.25) is 0 Å². The van der Waals surface area contributed by atoms with Crippen LogP contribution in [-0.4, -0.2) is 18.3 Å². The van der Waals surface area contributed by atoms with Gasteiger partial charge in [0.25, 0.3) is 0 Å². The van der Waals surface area contributed by atoms with Crippen molar-refractivity contribution in [3.05, 3.63) is 28.7 Å². The van der Waals surface area contributed by atoms with E-state index < -0.39 is 0 Å². The summed E-state index contributed by atoms with van der Waals surface area (Å²) in [7, 11) is 0. The van der Waals surface area contributed by atoms with Crippen LogP contribution in [0.5, 0.6) is 0 Å². The minimum Gasteiger partial charge on any atom is -0.313 e. The lowest BCUT2D eigenvalue weighted by Gasteiger charge is -2.17. The zero-order valence-electron chi connectivity index (χ0n) is 10.6. The van der Waals surface area contributed by atoms with Crippen LogP contribution in [0.2, 0.25) is 0 Å². The van der Waals surface area contributed by atoms with Crippen molar-refractivity contribution in [2.24, 2.45) is 11.8 Å². The maximum absolute atomic E-state index is 3.80. The predicted molar refractivity (Wildman–Crippen MR) is 82.1 cm³/mol. The van der Waals surface area contributed by atoms with E-state index in [-0.39, 0.29) is 0 Å². The van der Waals surface area contributed by atoms with E-state index in [1.165, 1.54) is 40.8 Å². The van der Waals surface area contributed by atoms with E-state index in [4.69, 9.17) is 0 Å². The maximum Gasteiger partial charge on any atom is 0.0186 e. The molecule has 2 aliphatic carbocycles. The lowest BCUT2D eigenvalue weighted by molar-refractivity contribution is 0.429. The van der Waals surface area contributed by atoms with E-state index in [0.29, 0.717) is 0 Å². The molecule has 0 atom stereocenters. The van der Waals surface area contributed by atoms with E-state index in [1.54, 1.807) is 0 Å². The third-order valence-corrected chi connectivity index (χ3v) is 5.30. The lowest BCUT2D eigenvalue weighted by Crippen LogP contribution is -2.34. The minimum absolute atomic E-state index is 0.841. The highest BCUT2D eigenvalue weighted by molar-refractivity contribution is 9.10. The topological polar surface area (TPSA) is 12.0 Å². The van der Waals surface area contributed by atoms with Crippen molar-refractivity contribution in [2.75, 3.05) is 12.3 Å². The lowest BCUT2D eigenvalue weighted by atomic mass is 10.1. The Morgan fingerprint density at radius 3 is 2.56 bits per heavy atom. The summed E-state index contributed by atoms with van der Waals surface area (Å²) in [5, 5.41) is 3.80. The smallest absolute Gasteiger partial charge is 0.0186 e. The molecule has 0 spiro atoms. The van der Waals surface area contributed by atoms with E-state index >= 15 is 0 Å². The molecule has 1 aromatic rings. The van der Waals surface area contributed by atoms with E-state index in [9.17, 15) is 0 Å². The standard InChI is InChI=1S/C15H20BrNS/c16-13-2-1-3-14(10-13)18-9-8-17-15(11-4-5-11)12-6-7-12/h1-3,10-12,15,17H,4-9H2. The van der Waals surface area contributed by atoms with Gasteiger partial charge in [-0.15, -0.1) is 11.8 Å². The quantitative estimate of drug-likeness (QED) is 0.592. The highest BCUT2D eigenvalue weighted by Gasteiger charge is 2.40. The fourth-order valence-electron chi connectivity index (χ4n) is 2.58. The molecular formula is C15H20BrNS. The first kappa shape index (κ1) is 13.0. The van der Waals surface area contributed by atoms with Gasteiger partial charge in [-0.1, -0.05) is 22.0 Å². The second-order valence-electron chi connectivity index (χ2n) is 5.46. The number of benzene rings is 1. The zero-order chi connectivity index (χ0) is 12.4. The molecule has 2 fully saturated rings. The third kappa shape index (κ3) is 3.75. The van der Waals surface area contributed by atoms with Crippen molar-refractivity contribution < 1.29 is 0 Å². The highest BCUT2D eigenvalue weighted by atomic mass is 79.9. The third-order valence-electron chi connectivity index (χ3n) is 3.81. The maximum atomic E-state index is 3.80. The van der Waals surface area contributed by atoms with Crippen LogP contribution in [0, 0.1) is 11.8 Å². The fourth-order valence-corrected chi connectivity index (χ4v) is 3.97. The van der Waals surface area contributed by atoms with Crippen LogP contribution in [0.1, 0.15) is 25.7 Å². The Hall–Kier alpha value is 0.01000. The number of thioether (sulfide) groups is 1. The van der Waals surface area contributed by atoms with Gasteiger partial charge in [-0.05, 0) is 55.7 Å². The molecule has 0 aromatic heterocycles. The summed E-state index contributed by atoms with van der Waals surface area (Å²) in [4.78, 5) is 1.36. The molecule has 0 amide bonds. The molecule has 98 valence electrons.